The molecule has 0 saturated carbocycles. The standard InChI is InChI=1S/C21H19ClF3N5O3.C2H6/c1-11-12(2)29(10-17(31)26-16-4-3-14(9-15(16)22)21(23,24)25)20-27-18(28-30(20)19(11)32)13-5-7-33-8-6-13;1-2/h3-5,9H,6-8,10H2,1-2H3,(H,26,31);1-2H3. The highest BCUT2D eigenvalue weighted by molar-refractivity contribution is 6.33. The lowest BCUT2D eigenvalue weighted by Gasteiger charge is -2.15. The van der Waals surface area contributed by atoms with E-state index in [9.17, 15) is 22.8 Å². The van der Waals surface area contributed by atoms with Gasteiger partial charge >= 0.3 is 6.18 Å². The van der Waals surface area contributed by atoms with Crippen LogP contribution < -0.4 is 10.9 Å². The number of halogens is 4. The number of carbonyl (C=O) groups excluding carboxylic acids is 1. The molecule has 3 aromatic rings. The van der Waals surface area contributed by atoms with Crippen LogP contribution in [-0.2, 0) is 22.3 Å². The minimum Gasteiger partial charge on any atom is -0.377 e. The fraction of sp³-hybridized carbons (Fsp3) is 0.391. The largest absolute Gasteiger partial charge is 0.416 e. The van der Waals surface area contributed by atoms with Crippen molar-refractivity contribution in [3.05, 3.63) is 62.3 Å². The molecule has 0 saturated heterocycles. The van der Waals surface area contributed by atoms with Gasteiger partial charge in [0.15, 0.2) is 5.82 Å². The molecule has 0 spiro atoms. The van der Waals surface area contributed by atoms with Gasteiger partial charge in [0, 0.05) is 11.3 Å². The van der Waals surface area contributed by atoms with E-state index >= 15 is 0 Å². The van der Waals surface area contributed by atoms with E-state index in [2.05, 4.69) is 15.4 Å². The summed E-state index contributed by atoms with van der Waals surface area (Å²) in [5, 5.41) is 6.59. The highest BCUT2D eigenvalue weighted by Gasteiger charge is 2.31. The predicted octanol–water partition coefficient (Wildman–Crippen LogP) is 4.65. The van der Waals surface area contributed by atoms with Gasteiger partial charge in [-0.05, 0) is 44.0 Å². The molecular formula is C23H25ClF3N5O3. The van der Waals surface area contributed by atoms with Gasteiger partial charge < -0.3 is 14.6 Å². The van der Waals surface area contributed by atoms with Crippen molar-refractivity contribution in [2.75, 3.05) is 18.5 Å². The molecule has 188 valence electrons. The maximum Gasteiger partial charge on any atom is 0.416 e. The lowest BCUT2D eigenvalue weighted by atomic mass is 10.1. The van der Waals surface area contributed by atoms with Crippen LogP contribution in [0.2, 0.25) is 5.02 Å². The number of rotatable bonds is 4. The number of amides is 1. The van der Waals surface area contributed by atoms with Crippen molar-refractivity contribution in [3.8, 4) is 0 Å². The smallest absolute Gasteiger partial charge is 0.377 e. The van der Waals surface area contributed by atoms with E-state index in [1.165, 1.54) is 4.57 Å². The third kappa shape index (κ3) is 5.57. The number of hydrogen-bond acceptors (Lipinski definition) is 5. The second-order valence-electron chi connectivity index (χ2n) is 7.54. The number of anilines is 1. The third-order valence-electron chi connectivity index (χ3n) is 5.41. The first-order valence-electron chi connectivity index (χ1n) is 11.0. The summed E-state index contributed by atoms with van der Waals surface area (Å²) in [5.74, 6) is -0.000889. The van der Waals surface area contributed by atoms with Gasteiger partial charge in [-0.2, -0.15) is 22.7 Å². The monoisotopic (exact) mass is 511 g/mol. The molecule has 1 amide bonds. The molecule has 0 atom stereocenters. The normalized spacial score (nSPS) is 13.8. The van der Waals surface area contributed by atoms with Crippen molar-refractivity contribution in [2.24, 2.45) is 0 Å². The molecule has 35 heavy (non-hydrogen) atoms. The summed E-state index contributed by atoms with van der Waals surface area (Å²) in [6.45, 7) is 7.97. The van der Waals surface area contributed by atoms with Crippen molar-refractivity contribution < 1.29 is 22.7 Å². The zero-order chi connectivity index (χ0) is 25.9. The van der Waals surface area contributed by atoms with Gasteiger partial charge in [-0.15, -0.1) is 5.10 Å². The van der Waals surface area contributed by atoms with Crippen LogP contribution in [0.25, 0.3) is 11.4 Å². The molecule has 8 nitrogen and oxygen atoms in total. The Morgan fingerprint density at radius 1 is 1.26 bits per heavy atom. The average molecular weight is 512 g/mol. The van der Waals surface area contributed by atoms with Crippen LogP contribution in [-0.4, -0.2) is 38.3 Å². The Labute approximate surface area is 204 Å². The highest BCUT2D eigenvalue weighted by Crippen LogP contribution is 2.33. The van der Waals surface area contributed by atoms with Crippen molar-refractivity contribution >= 4 is 34.5 Å². The summed E-state index contributed by atoms with van der Waals surface area (Å²) in [6, 6.07) is 2.67. The summed E-state index contributed by atoms with van der Waals surface area (Å²) in [6.07, 6.45) is -2.12. The SMILES string of the molecule is CC.Cc1c(C)n(CC(=O)Nc2ccc(C(F)(F)F)cc2Cl)c2nc(C3=CCOCC3)nn2c1=O. The zero-order valence-electron chi connectivity index (χ0n) is 19.7. The minimum atomic E-state index is -4.55. The number of ether oxygens (including phenoxy) is 1. The molecule has 0 unspecified atom stereocenters. The van der Waals surface area contributed by atoms with E-state index in [4.69, 9.17) is 16.3 Å². The van der Waals surface area contributed by atoms with Gasteiger partial charge in [0.05, 0.1) is 29.5 Å². The second kappa shape index (κ2) is 10.6. The Morgan fingerprint density at radius 3 is 2.57 bits per heavy atom. The van der Waals surface area contributed by atoms with Crippen molar-refractivity contribution in [1.82, 2.24) is 19.2 Å². The molecule has 1 aliphatic rings. The van der Waals surface area contributed by atoms with E-state index in [-0.39, 0.29) is 28.6 Å². The number of carbonyl (C=O) groups is 1. The second-order valence-corrected chi connectivity index (χ2v) is 7.95. The fourth-order valence-corrected chi connectivity index (χ4v) is 3.69. The van der Waals surface area contributed by atoms with Gasteiger partial charge in [-0.3, -0.25) is 9.59 Å². The molecule has 1 aliphatic heterocycles. The Hall–Kier alpha value is -3.18. The van der Waals surface area contributed by atoms with E-state index < -0.39 is 17.6 Å². The summed E-state index contributed by atoms with van der Waals surface area (Å²) in [5.41, 5.74) is 0.512. The van der Waals surface area contributed by atoms with Crippen LogP contribution in [0.3, 0.4) is 0 Å². The molecule has 1 aromatic carbocycles. The summed E-state index contributed by atoms with van der Waals surface area (Å²) >= 11 is 5.94. The molecule has 0 fully saturated rings. The van der Waals surface area contributed by atoms with Gasteiger partial charge in [0.2, 0.25) is 11.7 Å². The van der Waals surface area contributed by atoms with Crippen LogP contribution >= 0.6 is 11.6 Å². The number of aromatic nitrogens is 4. The lowest BCUT2D eigenvalue weighted by molar-refractivity contribution is -0.137. The summed E-state index contributed by atoms with van der Waals surface area (Å²) in [7, 11) is 0. The van der Waals surface area contributed by atoms with Crippen molar-refractivity contribution in [2.45, 2.75) is 46.8 Å². The fourth-order valence-electron chi connectivity index (χ4n) is 3.46. The Kier molecular flexibility index (Phi) is 8.01. The molecule has 2 aromatic heterocycles. The van der Waals surface area contributed by atoms with E-state index in [0.29, 0.717) is 36.7 Å². The summed E-state index contributed by atoms with van der Waals surface area (Å²) in [4.78, 5) is 29.9. The maximum atomic E-state index is 12.8. The van der Waals surface area contributed by atoms with Crippen molar-refractivity contribution in [3.63, 3.8) is 0 Å². The molecule has 4 rings (SSSR count). The van der Waals surface area contributed by atoms with Crippen LogP contribution in [0.5, 0.6) is 0 Å². The van der Waals surface area contributed by atoms with E-state index in [0.717, 1.165) is 28.3 Å². The molecule has 0 radical (unpaired) electrons. The number of hydrogen-bond donors (Lipinski definition) is 1. The lowest BCUT2D eigenvalue weighted by Crippen LogP contribution is -2.28. The molecular weight excluding hydrogens is 487 g/mol. The Balaban J connectivity index is 0.00000167. The van der Waals surface area contributed by atoms with Crippen molar-refractivity contribution in [1.29, 1.82) is 0 Å². The zero-order valence-corrected chi connectivity index (χ0v) is 20.4. The molecule has 1 N–H and O–H groups in total. The first-order valence-corrected chi connectivity index (χ1v) is 11.3. The van der Waals surface area contributed by atoms with Gasteiger partial charge in [0.1, 0.15) is 6.54 Å². The summed E-state index contributed by atoms with van der Waals surface area (Å²) < 4.78 is 46.5. The average Bonchev–Trinajstić information content (AvgIpc) is 3.28. The maximum absolute atomic E-state index is 12.8. The van der Waals surface area contributed by atoms with Crippen LogP contribution in [0.1, 0.15) is 42.9 Å². The quantitative estimate of drug-likeness (QED) is 0.550. The predicted molar refractivity (Wildman–Crippen MR) is 127 cm³/mol. The van der Waals surface area contributed by atoms with E-state index in [1.54, 1.807) is 13.8 Å². The topological polar surface area (TPSA) is 90.5 Å². The van der Waals surface area contributed by atoms with Gasteiger partial charge in [-0.25, -0.2) is 0 Å². The number of fused-ring (bicyclic) bond motifs is 1. The molecule has 3 heterocycles. The first kappa shape index (κ1) is 26.4. The number of nitrogens with one attached hydrogen (secondary N) is 1. The number of alkyl halides is 3. The Morgan fingerprint density at radius 2 is 1.97 bits per heavy atom. The number of nitrogens with zero attached hydrogens (tertiary/aromatic N) is 4. The first-order chi connectivity index (χ1) is 16.6. The Bertz CT molecular complexity index is 1340. The highest BCUT2D eigenvalue weighted by atomic mass is 35.5. The van der Waals surface area contributed by atoms with E-state index in [1.807, 2.05) is 19.9 Å². The van der Waals surface area contributed by atoms with Gasteiger partial charge in [-0.1, -0.05) is 31.5 Å². The number of benzene rings is 1. The molecule has 0 aliphatic carbocycles. The molecule has 12 heteroatoms. The van der Waals surface area contributed by atoms with Crippen LogP contribution in [0.15, 0.2) is 29.1 Å². The van der Waals surface area contributed by atoms with Gasteiger partial charge in [0.25, 0.3) is 5.56 Å². The minimum absolute atomic E-state index is 0.0376. The van der Waals surface area contributed by atoms with Crippen LogP contribution in [0, 0.1) is 13.8 Å². The third-order valence-corrected chi connectivity index (χ3v) is 5.73. The molecule has 0 bridgehead atoms. The van der Waals surface area contributed by atoms with Crippen LogP contribution in [0.4, 0.5) is 18.9 Å².